The summed E-state index contributed by atoms with van der Waals surface area (Å²) in [5.74, 6) is -0.312. The summed E-state index contributed by atoms with van der Waals surface area (Å²) in [5.41, 5.74) is 0.451. The first-order valence-corrected chi connectivity index (χ1v) is 2.51. The van der Waals surface area contributed by atoms with Gasteiger partial charge in [0, 0.05) is 5.57 Å². The van der Waals surface area contributed by atoms with Crippen molar-refractivity contribution in [3.63, 3.8) is 0 Å². The third-order valence-corrected chi connectivity index (χ3v) is 0.624. The van der Waals surface area contributed by atoms with Crippen LogP contribution in [0.3, 0.4) is 0 Å². The second kappa shape index (κ2) is 6.33. The molecule has 0 fully saturated rings. The second-order valence-corrected chi connectivity index (χ2v) is 1.50. The normalized spacial score (nSPS) is 7.33. The molecule has 0 aromatic rings. The van der Waals surface area contributed by atoms with Crippen LogP contribution >= 0.6 is 0 Å². The average molecular weight is 139 g/mol. The first-order chi connectivity index (χ1) is 3.68. The summed E-state index contributed by atoms with van der Waals surface area (Å²) in [5, 5.41) is 0. The zero-order valence-electron chi connectivity index (χ0n) is 6.23. The first kappa shape index (κ1) is 11.9. The molecule has 0 saturated heterocycles. The van der Waals surface area contributed by atoms with Gasteiger partial charge in [-0.2, -0.15) is 0 Å². The number of hydrogen-bond acceptors (Lipinski definition) is 2. The molecule has 0 saturated carbocycles. The van der Waals surface area contributed by atoms with E-state index in [0.29, 0.717) is 12.2 Å². The molecule has 0 amide bonds. The fraction of sp³-hybridized carbons (Fsp3) is 0.500. The van der Waals surface area contributed by atoms with Gasteiger partial charge in [0.25, 0.3) is 0 Å². The second-order valence-electron chi connectivity index (χ2n) is 1.50. The average Bonchev–Trinajstić information content (AvgIpc) is 1.67. The predicted octanol–water partition coefficient (Wildman–Crippen LogP) is 0.590. The summed E-state index contributed by atoms with van der Waals surface area (Å²) in [4.78, 5) is 10.4. The Bertz CT molecular complexity index is 114. The van der Waals surface area contributed by atoms with Gasteiger partial charge in [0.15, 0.2) is 0 Å². The van der Waals surface area contributed by atoms with Gasteiger partial charge >= 0.3 is 37.0 Å². The van der Waals surface area contributed by atoms with Crippen LogP contribution in [0.4, 0.5) is 0 Å². The molecule has 0 aromatic heterocycles. The fourth-order valence-electron chi connectivity index (χ4n) is 0.254. The summed E-state index contributed by atoms with van der Waals surface area (Å²) < 4.78 is 4.56. The van der Waals surface area contributed by atoms with E-state index >= 15 is 0 Å². The summed E-state index contributed by atoms with van der Waals surface area (Å²) >= 11 is 0. The van der Waals surface area contributed by atoms with E-state index in [9.17, 15) is 4.79 Å². The van der Waals surface area contributed by atoms with E-state index in [1.54, 1.807) is 13.8 Å². The SMILES string of the molecule is C=C(C)C(=O)OCC.[H+].[NaH]. The fourth-order valence-corrected chi connectivity index (χ4v) is 0.254. The molecule has 0 aliphatic carbocycles. The quantitative estimate of drug-likeness (QED) is 0.318. The predicted molar refractivity (Wildman–Crippen MR) is 39.7 cm³/mol. The number of ether oxygens (including phenoxy) is 1. The van der Waals surface area contributed by atoms with E-state index in [0.717, 1.165) is 0 Å². The third-order valence-electron chi connectivity index (χ3n) is 0.624. The molecule has 2 nitrogen and oxygen atoms in total. The molecule has 0 rings (SSSR count). The van der Waals surface area contributed by atoms with Crippen molar-refractivity contribution in [2.24, 2.45) is 0 Å². The third kappa shape index (κ3) is 6.09. The molecule has 0 aliphatic heterocycles. The van der Waals surface area contributed by atoms with Gasteiger partial charge in [-0.05, 0) is 13.8 Å². The van der Waals surface area contributed by atoms with Crippen molar-refractivity contribution in [1.82, 2.24) is 0 Å². The molecule has 48 valence electrons. The van der Waals surface area contributed by atoms with Gasteiger partial charge in [-0.1, -0.05) is 6.58 Å². The van der Waals surface area contributed by atoms with E-state index in [1.807, 2.05) is 0 Å². The van der Waals surface area contributed by atoms with E-state index in [2.05, 4.69) is 11.3 Å². The van der Waals surface area contributed by atoms with Crippen LogP contribution in [0.2, 0.25) is 0 Å². The van der Waals surface area contributed by atoms with E-state index in [1.165, 1.54) is 0 Å². The van der Waals surface area contributed by atoms with Crippen LogP contribution in [-0.4, -0.2) is 42.1 Å². The number of rotatable bonds is 2. The Labute approximate surface area is 79.0 Å². The van der Waals surface area contributed by atoms with Crippen LogP contribution < -0.4 is 0 Å². The van der Waals surface area contributed by atoms with Crippen molar-refractivity contribution in [3.8, 4) is 0 Å². The van der Waals surface area contributed by atoms with Gasteiger partial charge in [0.2, 0.25) is 0 Å². The standard InChI is InChI=1S/C6H10O2.Na.H/c1-4-8-6(7)5(2)3;;/h2,4H2,1,3H3;;/p+1. The van der Waals surface area contributed by atoms with Crippen LogP contribution in [0.1, 0.15) is 15.3 Å². The van der Waals surface area contributed by atoms with Crippen molar-refractivity contribution < 1.29 is 11.0 Å². The zero-order chi connectivity index (χ0) is 6.57. The van der Waals surface area contributed by atoms with Gasteiger partial charge in [-0.25, -0.2) is 4.79 Å². The number of hydrogen-bond donors (Lipinski definition) is 0. The Balaban J connectivity index is -0.000000245. The van der Waals surface area contributed by atoms with Crippen LogP contribution in [0.15, 0.2) is 12.2 Å². The molecule has 0 aliphatic rings. The molecular formula is C6H12NaO2+. The van der Waals surface area contributed by atoms with E-state index in [4.69, 9.17) is 0 Å². The molecule has 3 heteroatoms. The van der Waals surface area contributed by atoms with E-state index in [-0.39, 0.29) is 37.0 Å². The minimum atomic E-state index is -0.312. The number of esters is 1. The van der Waals surface area contributed by atoms with Crippen LogP contribution in [-0.2, 0) is 9.53 Å². The Morgan fingerprint density at radius 1 is 1.78 bits per heavy atom. The maximum absolute atomic E-state index is 10.4. The molecule has 0 bridgehead atoms. The Morgan fingerprint density at radius 3 is 2.33 bits per heavy atom. The van der Waals surface area contributed by atoms with Crippen LogP contribution in [0, 0.1) is 0 Å². The summed E-state index contributed by atoms with van der Waals surface area (Å²) in [6, 6.07) is 0. The molecule has 0 atom stereocenters. The van der Waals surface area contributed by atoms with Gasteiger partial charge in [-0.15, -0.1) is 0 Å². The number of carbonyl (C=O) groups excluding carboxylic acids is 1. The Morgan fingerprint density at radius 2 is 2.22 bits per heavy atom. The Kier molecular flexibility index (Phi) is 8.40. The molecule has 9 heavy (non-hydrogen) atoms. The minimum absolute atomic E-state index is 0. The van der Waals surface area contributed by atoms with Crippen molar-refractivity contribution in [2.75, 3.05) is 6.61 Å². The van der Waals surface area contributed by atoms with Crippen LogP contribution in [0.5, 0.6) is 0 Å². The Hall–Kier alpha value is 0.210. The molecule has 0 heterocycles. The number of carbonyl (C=O) groups is 1. The van der Waals surface area contributed by atoms with Crippen LogP contribution in [0.25, 0.3) is 0 Å². The van der Waals surface area contributed by atoms with E-state index < -0.39 is 0 Å². The maximum atomic E-state index is 10.4. The molecule has 0 radical (unpaired) electrons. The monoisotopic (exact) mass is 139 g/mol. The van der Waals surface area contributed by atoms with Crippen molar-refractivity contribution >= 4 is 35.5 Å². The van der Waals surface area contributed by atoms with Gasteiger partial charge < -0.3 is 4.74 Å². The van der Waals surface area contributed by atoms with Crippen molar-refractivity contribution in [3.05, 3.63) is 12.2 Å². The molecule has 0 unspecified atom stereocenters. The summed E-state index contributed by atoms with van der Waals surface area (Å²) in [6.45, 7) is 7.21. The molecule has 0 N–H and O–H groups in total. The zero-order valence-corrected chi connectivity index (χ0v) is 5.23. The summed E-state index contributed by atoms with van der Waals surface area (Å²) in [6.07, 6.45) is 0. The molecular weight excluding hydrogens is 127 g/mol. The molecule has 0 spiro atoms. The van der Waals surface area contributed by atoms with Gasteiger partial charge in [0.1, 0.15) is 0 Å². The van der Waals surface area contributed by atoms with Crippen molar-refractivity contribution in [2.45, 2.75) is 13.8 Å². The topological polar surface area (TPSA) is 26.3 Å². The van der Waals surface area contributed by atoms with Crippen molar-refractivity contribution in [1.29, 1.82) is 0 Å². The first-order valence-electron chi connectivity index (χ1n) is 2.51. The summed E-state index contributed by atoms with van der Waals surface area (Å²) in [7, 11) is 0. The molecule has 0 aromatic carbocycles. The van der Waals surface area contributed by atoms with Gasteiger partial charge in [-0.3, -0.25) is 0 Å². The van der Waals surface area contributed by atoms with Gasteiger partial charge in [0.05, 0.1) is 6.61 Å².